The minimum Gasteiger partial charge on any atom is -0.390 e. The van der Waals surface area contributed by atoms with Gasteiger partial charge in [0, 0.05) is 36.4 Å². The molecule has 2 fully saturated rings. The normalized spacial score (nSPS) is 24.4. The van der Waals surface area contributed by atoms with Crippen LogP contribution in [0, 0.1) is 0 Å². The number of hydrogen-bond acceptors (Lipinski definition) is 4. The van der Waals surface area contributed by atoms with Gasteiger partial charge in [0.2, 0.25) is 0 Å². The molecule has 0 saturated carbocycles. The van der Waals surface area contributed by atoms with E-state index in [0.717, 1.165) is 44.0 Å². The van der Waals surface area contributed by atoms with Crippen LogP contribution < -0.4 is 10.2 Å². The number of aliphatic hydroxyl groups is 1. The first-order valence-corrected chi connectivity index (χ1v) is 10.3. The van der Waals surface area contributed by atoms with Gasteiger partial charge in [-0.2, -0.15) is 0 Å². The maximum absolute atomic E-state index is 10.5. The van der Waals surface area contributed by atoms with Crippen molar-refractivity contribution < 1.29 is 5.11 Å². The second-order valence-corrected chi connectivity index (χ2v) is 8.19. The third-order valence-corrected chi connectivity index (χ3v) is 6.02. The topological polar surface area (TPSA) is 38.7 Å². The van der Waals surface area contributed by atoms with Crippen molar-refractivity contribution in [2.45, 2.75) is 37.6 Å². The molecule has 2 aromatic carbocycles. The highest BCUT2D eigenvalue weighted by Gasteiger charge is 2.33. The number of para-hydroxylation sites is 1. The zero-order valence-electron chi connectivity index (χ0n) is 15.6. The SMILES string of the molecule is OC1CN(c2ccccc2)CC1NC1CCN(Cc2ccc(Cl)cc2)CC1. The van der Waals surface area contributed by atoms with Crippen LogP contribution in [0.5, 0.6) is 0 Å². The number of rotatable bonds is 5. The molecule has 2 aliphatic rings. The number of anilines is 1. The van der Waals surface area contributed by atoms with E-state index in [9.17, 15) is 5.11 Å². The second-order valence-electron chi connectivity index (χ2n) is 7.76. The monoisotopic (exact) mass is 385 g/mol. The van der Waals surface area contributed by atoms with Gasteiger partial charge in [0.15, 0.2) is 0 Å². The first kappa shape index (κ1) is 18.8. The summed E-state index contributed by atoms with van der Waals surface area (Å²) in [5, 5.41) is 15.0. The lowest BCUT2D eigenvalue weighted by molar-refractivity contribution is 0.136. The maximum Gasteiger partial charge on any atom is 0.0885 e. The van der Waals surface area contributed by atoms with Gasteiger partial charge in [0.25, 0.3) is 0 Å². The molecular formula is C22H28ClN3O. The Morgan fingerprint density at radius 2 is 1.67 bits per heavy atom. The molecule has 0 radical (unpaired) electrons. The van der Waals surface area contributed by atoms with Gasteiger partial charge in [-0.05, 0) is 55.8 Å². The van der Waals surface area contributed by atoms with E-state index in [1.54, 1.807) is 0 Å². The molecule has 5 heteroatoms. The lowest BCUT2D eigenvalue weighted by atomic mass is 10.0. The zero-order valence-corrected chi connectivity index (χ0v) is 16.4. The maximum atomic E-state index is 10.5. The van der Waals surface area contributed by atoms with Crippen molar-refractivity contribution >= 4 is 17.3 Å². The summed E-state index contributed by atoms with van der Waals surface area (Å²) in [6, 6.07) is 19.2. The first-order valence-electron chi connectivity index (χ1n) is 9.88. The van der Waals surface area contributed by atoms with Crippen LogP contribution in [0.2, 0.25) is 5.02 Å². The van der Waals surface area contributed by atoms with E-state index in [1.807, 2.05) is 18.2 Å². The third kappa shape index (κ3) is 4.82. The number of aliphatic hydroxyl groups excluding tert-OH is 1. The predicted molar refractivity (Wildman–Crippen MR) is 111 cm³/mol. The molecule has 0 spiro atoms. The zero-order chi connectivity index (χ0) is 18.6. The van der Waals surface area contributed by atoms with Crippen LogP contribution in [0.15, 0.2) is 54.6 Å². The Kier molecular flexibility index (Phi) is 5.98. The van der Waals surface area contributed by atoms with Crippen LogP contribution in [0.25, 0.3) is 0 Å². The van der Waals surface area contributed by atoms with Crippen LogP contribution >= 0.6 is 11.6 Å². The fraction of sp³-hybridized carbons (Fsp3) is 0.455. The van der Waals surface area contributed by atoms with Crippen LogP contribution in [0.4, 0.5) is 5.69 Å². The molecule has 2 saturated heterocycles. The molecule has 0 amide bonds. The van der Waals surface area contributed by atoms with E-state index in [2.05, 4.69) is 51.5 Å². The van der Waals surface area contributed by atoms with E-state index in [0.29, 0.717) is 12.6 Å². The minimum absolute atomic E-state index is 0.151. The van der Waals surface area contributed by atoms with E-state index >= 15 is 0 Å². The molecule has 0 aliphatic carbocycles. The van der Waals surface area contributed by atoms with Crippen molar-refractivity contribution in [2.75, 3.05) is 31.1 Å². The van der Waals surface area contributed by atoms with Crippen molar-refractivity contribution in [1.29, 1.82) is 0 Å². The summed E-state index contributed by atoms with van der Waals surface area (Å²) in [6.07, 6.45) is 1.95. The van der Waals surface area contributed by atoms with Crippen molar-refractivity contribution in [2.24, 2.45) is 0 Å². The molecule has 144 valence electrons. The van der Waals surface area contributed by atoms with Gasteiger partial charge in [-0.3, -0.25) is 4.90 Å². The minimum atomic E-state index is -0.308. The lowest BCUT2D eigenvalue weighted by Gasteiger charge is -2.34. The Labute approximate surface area is 166 Å². The number of likely N-dealkylation sites (tertiary alicyclic amines) is 1. The number of piperidine rings is 1. The lowest BCUT2D eigenvalue weighted by Crippen LogP contribution is -2.49. The van der Waals surface area contributed by atoms with Gasteiger partial charge >= 0.3 is 0 Å². The van der Waals surface area contributed by atoms with E-state index in [1.165, 1.54) is 11.3 Å². The molecule has 2 unspecified atom stereocenters. The first-order chi connectivity index (χ1) is 13.2. The van der Waals surface area contributed by atoms with Crippen LogP contribution in [-0.2, 0) is 6.54 Å². The Morgan fingerprint density at radius 1 is 0.963 bits per heavy atom. The molecule has 4 rings (SSSR count). The largest absolute Gasteiger partial charge is 0.390 e. The number of nitrogens with zero attached hydrogens (tertiary/aromatic N) is 2. The van der Waals surface area contributed by atoms with Crippen molar-refractivity contribution in [3.8, 4) is 0 Å². The van der Waals surface area contributed by atoms with Gasteiger partial charge in [-0.15, -0.1) is 0 Å². The molecule has 2 heterocycles. The Balaban J connectivity index is 1.25. The van der Waals surface area contributed by atoms with Gasteiger partial charge in [0.1, 0.15) is 0 Å². The molecule has 0 aromatic heterocycles. The van der Waals surface area contributed by atoms with Gasteiger partial charge in [0.05, 0.1) is 12.1 Å². The summed E-state index contributed by atoms with van der Waals surface area (Å²) in [6.45, 7) is 4.74. The highest BCUT2D eigenvalue weighted by atomic mass is 35.5. The molecule has 27 heavy (non-hydrogen) atoms. The highest BCUT2D eigenvalue weighted by molar-refractivity contribution is 6.30. The van der Waals surface area contributed by atoms with Crippen molar-refractivity contribution in [3.05, 3.63) is 65.2 Å². The summed E-state index contributed by atoms with van der Waals surface area (Å²) in [4.78, 5) is 4.78. The third-order valence-electron chi connectivity index (χ3n) is 5.77. The highest BCUT2D eigenvalue weighted by Crippen LogP contribution is 2.22. The molecule has 2 atom stereocenters. The van der Waals surface area contributed by atoms with Crippen molar-refractivity contribution in [3.63, 3.8) is 0 Å². The Morgan fingerprint density at radius 3 is 2.37 bits per heavy atom. The van der Waals surface area contributed by atoms with E-state index in [4.69, 9.17) is 11.6 Å². The number of nitrogens with one attached hydrogen (secondary N) is 1. The van der Waals surface area contributed by atoms with Crippen molar-refractivity contribution in [1.82, 2.24) is 10.2 Å². The molecular weight excluding hydrogens is 358 g/mol. The summed E-state index contributed by atoms with van der Waals surface area (Å²) in [5.74, 6) is 0. The summed E-state index contributed by atoms with van der Waals surface area (Å²) < 4.78 is 0. The average Bonchev–Trinajstić information content (AvgIpc) is 3.06. The molecule has 0 bridgehead atoms. The van der Waals surface area contributed by atoms with Gasteiger partial charge in [-0.25, -0.2) is 0 Å². The van der Waals surface area contributed by atoms with Crippen LogP contribution in [0.1, 0.15) is 18.4 Å². The van der Waals surface area contributed by atoms with Gasteiger partial charge in [-0.1, -0.05) is 41.9 Å². The van der Waals surface area contributed by atoms with E-state index < -0.39 is 0 Å². The Hall–Kier alpha value is -1.59. The number of halogens is 1. The second kappa shape index (κ2) is 8.61. The summed E-state index contributed by atoms with van der Waals surface area (Å²) in [5.41, 5.74) is 2.51. The standard InChI is InChI=1S/C22H28ClN3O/c23-18-8-6-17(7-9-18)14-25-12-10-19(11-13-25)24-21-15-26(16-22(21)27)20-4-2-1-3-5-20/h1-9,19,21-22,24,27H,10-16H2. The molecule has 2 N–H and O–H groups in total. The summed E-state index contributed by atoms with van der Waals surface area (Å²) >= 11 is 5.97. The quantitative estimate of drug-likeness (QED) is 0.829. The van der Waals surface area contributed by atoms with Crippen LogP contribution in [0.3, 0.4) is 0 Å². The Bertz CT molecular complexity index is 716. The number of benzene rings is 2. The van der Waals surface area contributed by atoms with Gasteiger partial charge < -0.3 is 15.3 Å². The fourth-order valence-corrected chi connectivity index (χ4v) is 4.33. The molecule has 2 aromatic rings. The van der Waals surface area contributed by atoms with Crippen LogP contribution in [-0.4, -0.2) is 54.4 Å². The average molecular weight is 386 g/mol. The van der Waals surface area contributed by atoms with E-state index in [-0.39, 0.29) is 12.1 Å². The predicted octanol–water partition coefficient (Wildman–Crippen LogP) is 3.14. The molecule has 2 aliphatic heterocycles. The molecule has 4 nitrogen and oxygen atoms in total. The summed E-state index contributed by atoms with van der Waals surface area (Å²) in [7, 11) is 0. The fourth-order valence-electron chi connectivity index (χ4n) is 4.21. The smallest absolute Gasteiger partial charge is 0.0885 e. The number of β-amino-alcohol motifs (C(OH)–C–C–N with tert-alkyl or cyclic N) is 1. The number of hydrogen-bond donors (Lipinski definition) is 2.